The molecule has 10 heteroatoms. The molecule has 1 saturated heterocycles. The van der Waals surface area contributed by atoms with Crippen molar-refractivity contribution in [1.29, 1.82) is 5.26 Å². The quantitative estimate of drug-likeness (QED) is 0.539. The lowest BCUT2D eigenvalue weighted by molar-refractivity contribution is -0.112. The van der Waals surface area contributed by atoms with Crippen molar-refractivity contribution < 1.29 is 17.8 Å². The molecule has 1 amide bonds. The van der Waals surface area contributed by atoms with E-state index in [2.05, 4.69) is 22.5 Å². The maximum atomic E-state index is 12.7. The lowest BCUT2D eigenvalue weighted by Gasteiger charge is -2.17. The van der Waals surface area contributed by atoms with E-state index in [9.17, 15) is 17.8 Å². The molecule has 1 fully saturated rings. The summed E-state index contributed by atoms with van der Waals surface area (Å²) in [5, 5.41) is 14.0. The highest BCUT2D eigenvalue weighted by atomic mass is 32.2. The van der Waals surface area contributed by atoms with E-state index in [1.165, 1.54) is 24.3 Å². The molecule has 2 aromatic rings. The van der Waals surface area contributed by atoms with E-state index in [0.29, 0.717) is 11.3 Å². The van der Waals surface area contributed by atoms with E-state index < -0.39 is 20.9 Å². The molecule has 0 unspecified atom stereocenters. The summed E-state index contributed by atoms with van der Waals surface area (Å²) in [6.45, 7) is 3.69. The fourth-order valence-electron chi connectivity index (χ4n) is 2.41. The number of hydrogen-bond acceptors (Lipinski definition) is 7. The summed E-state index contributed by atoms with van der Waals surface area (Å²) < 4.78 is 32.5. The van der Waals surface area contributed by atoms with Gasteiger partial charge in [0.25, 0.3) is 16.0 Å². The van der Waals surface area contributed by atoms with Crippen molar-refractivity contribution in [3.63, 3.8) is 0 Å². The first-order chi connectivity index (χ1) is 12.8. The molecule has 9 nitrogen and oxygen atoms in total. The van der Waals surface area contributed by atoms with Crippen LogP contribution in [-0.2, 0) is 14.9 Å². The first-order valence-corrected chi connectivity index (χ1v) is 8.96. The Labute approximate surface area is 154 Å². The maximum absolute atomic E-state index is 12.7. The number of para-hydroxylation sites is 2. The van der Waals surface area contributed by atoms with Crippen LogP contribution in [0.1, 0.15) is 5.56 Å². The number of benzene rings is 2. The molecule has 2 aromatic carbocycles. The summed E-state index contributed by atoms with van der Waals surface area (Å²) >= 11 is 0. The van der Waals surface area contributed by atoms with Crippen LogP contribution in [0.3, 0.4) is 0 Å². The van der Waals surface area contributed by atoms with E-state index in [0.717, 1.165) is 5.01 Å². The largest absolute Gasteiger partial charge is 0.299 e. The number of anilines is 2. The fourth-order valence-corrected chi connectivity index (χ4v) is 3.09. The number of rotatable bonds is 4. The number of nitriles is 1. The lowest BCUT2D eigenvalue weighted by atomic mass is 10.2. The molecule has 0 aliphatic carbocycles. The Hall–Kier alpha value is -3.68. The predicted octanol–water partition coefficient (Wildman–Crippen LogP) is 1.64. The molecule has 1 heterocycles. The minimum Gasteiger partial charge on any atom is -0.289 e. The molecular weight excluding hydrogens is 370 g/mol. The van der Waals surface area contributed by atoms with Gasteiger partial charge in [-0.15, -0.1) is 0 Å². The average molecular weight is 383 g/mol. The molecule has 0 aromatic heterocycles. The summed E-state index contributed by atoms with van der Waals surface area (Å²) in [4.78, 5) is 12.2. The molecule has 0 radical (unpaired) electrons. The molecule has 0 bridgehead atoms. The third-order valence-electron chi connectivity index (χ3n) is 3.66. The zero-order chi connectivity index (χ0) is 19.6. The molecule has 1 aliphatic heterocycles. The SMILES string of the molecule is C=C1NN(c2ccccc2S(=O)(=O)O)C(=O)/C1=N/Nc1ccccc1C#N. The third-order valence-corrected chi connectivity index (χ3v) is 4.56. The lowest BCUT2D eigenvalue weighted by Crippen LogP contribution is -2.35. The zero-order valence-electron chi connectivity index (χ0n) is 13.7. The van der Waals surface area contributed by atoms with E-state index in [4.69, 9.17) is 5.26 Å². The van der Waals surface area contributed by atoms with E-state index >= 15 is 0 Å². The number of hydrogen-bond donors (Lipinski definition) is 3. The van der Waals surface area contributed by atoms with Crippen LogP contribution in [0, 0.1) is 11.3 Å². The van der Waals surface area contributed by atoms with Gasteiger partial charge in [-0.1, -0.05) is 30.8 Å². The van der Waals surface area contributed by atoms with Crippen molar-refractivity contribution in [3.8, 4) is 6.07 Å². The van der Waals surface area contributed by atoms with Gasteiger partial charge in [-0.2, -0.15) is 18.8 Å². The summed E-state index contributed by atoms with van der Waals surface area (Å²) in [6.07, 6.45) is 0. The number of carbonyl (C=O) groups is 1. The molecule has 27 heavy (non-hydrogen) atoms. The minimum absolute atomic E-state index is 0.0752. The van der Waals surface area contributed by atoms with Crippen LogP contribution in [0.5, 0.6) is 0 Å². The number of nitrogens with zero attached hydrogens (tertiary/aromatic N) is 3. The Morgan fingerprint density at radius 3 is 2.56 bits per heavy atom. The van der Waals surface area contributed by atoms with Gasteiger partial charge >= 0.3 is 0 Å². The normalized spacial score (nSPS) is 15.6. The Balaban J connectivity index is 1.94. The molecule has 3 N–H and O–H groups in total. The summed E-state index contributed by atoms with van der Waals surface area (Å²) in [5.74, 6) is -0.682. The van der Waals surface area contributed by atoms with Gasteiger partial charge in [-0.25, -0.2) is 5.01 Å². The molecule has 0 saturated carbocycles. The Morgan fingerprint density at radius 2 is 1.85 bits per heavy atom. The van der Waals surface area contributed by atoms with Gasteiger partial charge in [0.2, 0.25) is 0 Å². The highest BCUT2D eigenvalue weighted by Crippen LogP contribution is 2.27. The first kappa shape index (κ1) is 18.1. The van der Waals surface area contributed by atoms with Gasteiger partial charge in [0.1, 0.15) is 11.0 Å². The van der Waals surface area contributed by atoms with E-state index in [1.807, 2.05) is 6.07 Å². The van der Waals surface area contributed by atoms with Crippen LogP contribution in [0.2, 0.25) is 0 Å². The number of amides is 1. The second kappa shape index (κ2) is 6.91. The zero-order valence-corrected chi connectivity index (χ0v) is 14.6. The predicted molar refractivity (Wildman–Crippen MR) is 98.2 cm³/mol. The molecule has 136 valence electrons. The molecule has 0 spiro atoms. The molecular formula is C17H13N5O4S. The van der Waals surface area contributed by atoms with Crippen LogP contribution in [0.25, 0.3) is 0 Å². The number of carbonyl (C=O) groups excluding carboxylic acids is 1. The van der Waals surface area contributed by atoms with E-state index in [-0.39, 0.29) is 17.1 Å². The van der Waals surface area contributed by atoms with Crippen molar-refractivity contribution >= 4 is 33.1 Å². The van der Waals surface area contributed by atoms with Crippen molar-refractivity contribution in [2.45, 2.75) is 4.90 Å². The maximum Gasteiger partial charge on any atom is 0.299 e. The minimum atomic E-state index is -4.55. The van der Waals surface area contributed by atoms with Gasteiger partial charge in [-0.3, -0.25) is 20.2 Å². The Morgan fingerprint density at radius 1 is 1.19 bits per heavy atom. The summed E-state index contributed by atoms with van der Waals surface area (Å²) in [7, 11) is -4.55. The van der Waals surface area contributed by atoms with Gasteiger partial charge in [0, 0.05) is 0 Å². The number of hydrazone groups is 1. The van der Waals surface area contributed by atoms with E-state index in [1.54, 1.807) is 24.3 Å². The van der Waals surface area contributed by atoms with Crippen molar-refractivity contribution in [1.82, 2.24) is 5.43 Å². The molecule has 0 atom stereocenters. The number of nitrogens with one attached hydrogen (secondary N) is 2. The number of hydrazine groups is 1. The third kappa shape index (κ3) is 3.50. The monoisotopic (exact) mass is 383 g/mol. The first-order valence-electron chi connectivity index (χ1n) is 7.52. The highest BCUT2D eigenvalue weighted by molar-refractivity contribution is 7.86. The second-order valence-corrected chi connectivity index (χ2v) is 6.79. The fraction of sp³-hybridized carbons (Fsp3) is 0. The summed E-state index contributed by atoms with van der Waals surface area (Å²) in [6, 6.07) is 14.0. The Bertz CT molecular complexity index is 1120. The Kier molecular flexibility index (Phi) is 4.64. The van der Waals surface area contributed by atoms with Crippen LogP contribution in [-0.4, -0.2) is 24.6 Å². The highest BCUT2D eigenvalue weighted by Gasteiger charge is 2.35. The van der Waals surface area contributed by atoms with Crippen LogP contribution in [0.4, 0.5) is 11.4 Å². The van der Waals surface area contributed by atoms with Gasteiger partial charge < -0.3 is 0 Å². The molecule has 1 aliphatic rings. The topological polar surface area (TPSA) is 135 Å². The van der Waals surface area contributed by atoms with Crippen LogP contribution < -0.4 is 15.9 Å². The summed E-state index contributed by atoms with van der Waals surface area (Å²) in [5.41, 5.74) is 5.92. The van der Waals surface area contributed by atoms with Gasteiger partial charge in [0.15, 0.2) is 5.71 Å². The van der Waals surface area contributed by atoms with Crippen LogP contribution >= 0.6 is 0 Å². The van der Waals surface area contributed by atoms with Crippen LogP contribution in [0.15, 0.2) is 70.8 Å². The van der Waals surface area contributed by atoms with Gasteiger partial charge in [0.05, 0.1) is 22.6 Å². The standard InChI is InChI=1S/C17H13N5O4S/c1-11-16(20-19-13-7-3-2-6-12(13)10-18)17(23)22(21-11)14-8-4-5-9-15(14)27(24,25)26/h2-9,19,21H,1H2,(H,24,25,26)/b20-16+. The average Bonchev–Trinajstić information content (AvgIpc) is 2.93. The van der Waals surface area contributed by atoms with Gasteiger partial charge in [-0.05, 0) is 24.3 Å². The molecule has 3 rings (SSSR count). The van der Waals surface area contributed by atoms with Crippen molar-refractivity contribution in [2.75, 3.05) is 10.4 Å². The smallest absolute Gasteiger partial charge is 0.289 e. The van der Waals surface area contributed by atoms with Crippen molar-refractivity contribution in [3.05, 3.63) is 66.4 Å². The second-order valence-electron chi connectivity index (χ2n) is 5.40. The van der Waals surface area contributed by atoms with Crippen molar-refractivity contribution in [2.24, 2.45) is 5.10 Å².